The third kappa shape index (κ3) is 3.17. The molecule has 1 amide bonds. The van der Waals surface area contributed by atoms with Gasteiger partial charge in [0.2, 0.25) is 0 Å². The van der Waals surface area contributed by atoms with Crippen LogP contribution in [0.1, 0.15) is 52.4 Å². The van der Waals surface area contributed by atoms with Crippen molar-refractivity contribution in [2.75, 3.05) is 20.2 Å². The number of hydrogen-bond acceptors (Lipinski definition) is 4. The number of hydrogen-bond donors (Lipinski definition) is 2. The third-order valence-electron chi connectivity index (χ3n) is 6.48. The highest BCUT2D eigenvalue weighted by atomic mass is 16.5. The number of aromatic nitrogens is 2. The lowest BCUT2D eigenvalue weighted by molar-refractivity contribution is 0.0715. The van der Waals surface area contributed by atoms with E-state index in [2.05, 4.69) is 34.6 Å². The second kappa shape index (κ2) is 7.61. The first-order valence-electron chi connectivity index (χ1n) is 10.5. The summed E-state index contributed by atoms with van der Waals surface area (Å²) in [4.78, 5) is 15.5. The Bertz CT molecular complexity index is 1070. The van der Waals surface area contributed by atoms with Crippen LogP contribution in [0, 0.1) is 0 Å². The molecule has 0 spiro atoms. The van der Waals surface area contributed by atoms with E-state index < -0.39 is 0 Å². The number of fused-ring (bicyclic) bond motifs is 1. The molecule has 2 aliphatic rings. The van der Waals surface area contributed by atoms with E-state index in [1.54, 1.807) is 7.11 Å². The number of ether oxygens (including phenoxy) is 1. The molecule has 1 fully saturated rings. The summed E-state index contributed by atoms with van der Waals surface area (Å²) in [6.45, 7) is 4.71. The molecular weight excluding hydrogens is 376 g/mol. The number of aromatic amines is 1. The molecule has 3 aromatic rings. The van der Waals surface area contributed by atoms with Crippen molar-refractivity contribution in [3.63, 3.8) is 0 Å². The molecule has 1 aromatic heterocycles. The Morgan fingerprint density at radius 3 is 2.87 bits per heavy atom. The Kier molecular flexibility index (Phi) is 4.79. The molecule has 0 saturated carbocycles. The SMILES string of the molecule is COc1cccc([C@@H](C)N2Cc3c(cc(-c4cn[nH]c4)cc3C3CCNC3)C2=O)c1. The van der Waals surface area contributed by atoms with Gasteiger partial charge in [-0.25, -0.2) is 0 Å². The van der Waals surface area contributed by atoms with Crippen LogP contribution in [0.15, 0.2) is 48.8 Å². The Hall–Kier alpha value is -3.12. The summed E-state index contributed by atoms with van der Waals surface area (Å²) in [6, 6.07) is 12.2. The van der Waals surface area contributed by atoms with Crippen LogP contribution in [-0.2, 0) is 6.54 Å². The third-order valence-corrected chi connectivity index (χ3v) is 6.48. The quantitative estimate of drug-likeness (QED) is 0.680. The number of carbonyl (C=O) groups excluding carboxylic acids is 1. The molecule has 6 heteroatoms. The van der Waals surface area contributed by atoms with E-state index in [1.165, 1.54) is 11.1 Å². The second-order valence-electron chi connectivity index (χ2n) is 8.15. The lowest BCUT2D eigenvalue weighted by Crippen LogP contribution is -2.27. The summed E-state index contributed by atoms with van der Waals surface area (Å²) in [5.41, 5.74) is 6.43. The van der Waals surface area contributed by atoms with Crippen LogP contribution in [-0.4, -0.2) is 41.2 Å². The summed E-state index contributed by atoms with van der Waals surface area (Å²) in [6.07, 6.45) is 4.80. The molecule has 2 aliphatic heterocycles. The minimum atomic E-state index is -0.0353. The second-order valence-corrected chi connectivity index (χ2v) is 8.15. The van der Waals surface area contributed by atoms with Gasteiger partial charge in [-0.2, -0.15) is 5.10 Å². The maximum atomic E-state index is 13.5. The Morgan fingerprint density at radius 1 is 1.23 bits per heavy atom. The zero-order valence-electron chi connectivity index (χ0n) is 17.3. The van der Waals surface area contributed by atoms with Crippen molar-refractivity contribution >= 4 is 5.91 Å². The fourth-order valence-corrected chi connectivity index (χ4v) is 4.71. The first-order chi connectivity index (χ1) is 14.7. The van der Waals surface area contributed by atoms with Crippen LogP contribution in [0.2, 0.25) is 0 Å². The summed E-state index contributed by atoms with van der Waals surface area (Å²) in [5, 5.41) is 10.4. The predicted octanol–water partition coefficient (Wildman–Crippen LogP) is 3.88. The van der Waals surface area contributed by atoms with Crippen molar-refractivity contribution in [1.29, 1.82) is 0 Å². The molecule has 2 atom stereocenters. The van der Waals surface area contributed by atoms with Crippen molar-refractivity contribution in [2.45, 2.75) is 31.8 Å². The molecule has 0 bridgehead atoms. The molecule has 3 heterocycles. The average molecular weight is 402 g/mol. The first kappa shape index (κ1) is 18.9. The van der Waals surface area contributed by atoms with Gasteiger partial charge in [-0.1, -0.05) is 18.2 Å². The van der Waals surface area contributed by atoms with Crippen molar-refractivity contribution in [3.05, 3.63) is 71.0 Å². The van der Waals surface area contributed by atoms with E-state index in [9.17, 15) is 4.79 Å². The van der Waals surface area contributed by atoms with E-state index in [0.717, 1.165) is 47.5 Å². The molecule has 2 aromatic carbocycles. The van der Waals surface area contributed by atoms with Gasteiger partial charge in [0.1, 0.15) is 5.75 Å². The molecule has 1 unspecified atom stereocenters. The van der Waals surface area contributed by atoms with Gasteiger partial charge in [0.15, 0.2) is 0 Å². The van der Waals surface area contributed by atoms with Gasteiger partial charge < -0.3 is 15.0 Å². The first-order valence-corrected chi connectivity index (χ1v) is 10.5. The van der Waals surface area contributed by atoms with Gasteiger partial charge in [0.05, 0.1) is 19.3 Å². The van der Waals surface area contributed by atoms with Crippen LogP contribution in [0.3, 0.4) is 0 Å². The number of benzene rings is 2. The van der Waals surface area contributed by atoms with Gasteiger partial charge in [-0.05, 0) is 66.3 Å². The summed E-state index contributed by atoms with van der Waals surface area (Å²) in [5.74, 6) is 1.34. The van der Waals surface area contributed by atoms with Crippen molar-refractivity contribution in [1.82, 2.24) is 20.4 Å². The summed E-state index contributed by atoms with van der Waals surface area (Å²) in [7, 11) is 1.67. The minimum absolute atomic E-state index is 0.0353. The van der Waals surface area contributed by atoms with Gasteiger partial charge in [0, 0.05) is 30.4 Å². The van der Waals surface area contributed by atoms with E-state index in [-0.39, 0.29) is 11.9 Å². The van der Waals surface area contributed by atoms with E-state index in [4.69, 9.17) is 4.74 Å². The zero-order valence-corrected chi connectivity index (χ0v) is 17.3. The number of rotatable bonds is 5. The largest absolute Gasteiger partial charge is 0.497 e. The molecule has 0 aliphatic carbocycles. The lowest BCUT2D eigenvalue weighted by atomic mass is 9.88. The predicted molar refractivity (Wildman–Crippen MR) is 116 cm³/mol. The molecular formula is C24H26N4O2. The number of methoxy groups -OCH3 is 1. The number of amides is 1. The number of carbonyl (C=O) groups is 1. The van der Waals surface area contributed by atoms with Crippen LogP contribution in [0.4, 0.5) is 0 Å². The maximum Gasteiger partial charge on any atom is 0.255 e. The van der Waals surface area contributed by atoms with Crippen LogP contribution < -0.4 is 10.1 Å². The molecule has 1 saturated heterocycles. The van der Waals surface area contributed by atoms with Crippen LogP contribution in [0.25, 0.3) is 11.1 Å². The topological polar surface area (TPSA) is 70.2 Å². The van der Waals surface area contributed by atoms with Gasteiger partial charge in [0.25, 0.3) is 5.91 Å². The maximum absolute atomic E-state index is 13.5. The van der Waals surface area contributed by atoms with Gasteiger partial charge in [-0.15, -0.1) is 0 Å². The number of H-pyrrole nitrogens is 1. The van der Waals surface area contributed by atoms with Crippen molar-refractivity contribution < 1.29 is 9.53 Å². The molecule has 0 radical (unpaired) electrons. The Labute approximate surface area is 176 Å². The van der Waals surface area contributed by atoms with E-state index >= 15 is 0 Å². The Morgan fingerprint density at radius 2 is 2.13 bits per heavy atom. The minimum Gasteiger partial charge on any atom is -0.497 e. The Balaban J connectivity index is 1.55. The molecule has 2 N–H and O–H groups in total. The molecule has 30 heavy (non-hydrogen) atoms. The number of nitrogens with one attached hydrogen (secondary N) is 2. The van der Waals surface area contributed by atoms with Gasteiger partial charge >= 0.3 is 0 Å². The highest BCUT2D eigenvalue weighted by Crippen LogP contribution is 2.39. The summed E-state index contributed by atoms with van der Waals surface area (Å²) < 4.78 is 5.38. The average Bonchev–Trinajstić information content (AvgIpc) is 3.54. The highest BCUT2D eigenvalue weighted by molar-refractivity contribution is 6.00. The van der Waals surface area contributed by atoms with Crippen molar-refractivity contribution in [2.24, 2.45) is 0 Å². The van der Waals surface area contributed by atoms with E-state index in [0.29, 0.717) is 12.5 Å². The fraction of sp³-hybridized carbons (Fsp3) is 0.333. The fourth-order valence-electron chi connectivity index (χ4n) is 4.71. The highest BCUT2D eigenvalue weighted by Gasteiger charge is 2.35. The molecule has 5 rings (SSSR count). The van der Waals surface area contributed by atoms with Gasteiger partial charge in [-0.3, -0.25) is 9.89 Å². The van der Waals surface area contributed by atoms with Crippen LogP contribution in [0.5, 0.6) is 5.75 Å². The normalized spacial score (nSPS) is 19.2. The molecule has 6 nitrogen and oxygen atoms in total. The monoisotopic (exact) mass is 402 g/mol. The zero-order chi connectivity index (χ0) is 20.7. The summed E-state index contributed by atoms with van der Waals surface area (Å²) >= 11 is 0. The van der Waals surface area contributed by atoms with Crippen molar-refractivity contribution in [3.8, 4) is 16.9 Å². The standard InChI is InChI=1S/C24H26N4O2/c1-15(16-4-3-5-20(8-16)30-2)28-14-23-21(17-6-7-25-11-17)9-18(10-22(23)24(28)29)19-12-26-27-13-19/h3-5,8-10,12-13,15,17,25H,6-7,11,14H2,1-2H3,(H,26,27)/t15-,17?/m1/s1. The molecule has 154 valence electrons. The lowest BCUT2D eigenvalue weighted by Gasteiger charge is -2.25. The van der Waals surface area contributed by atoms with E-state index in [1.807, 2.05) is 41.6 Å². The smallest absolute Gasteiger partial charge is 0.255 e. The number of nitrogens with zero attached hydrogens (tertiary/aromatic N) is 2. The van der Waals surface area contributed by atoms with Crippen LogP contribution >= 0.6 is 0 Å².